The summed E-state index contributed by atoms with van der Waals surface area (Å²) in [5, 5.41) is 4.99. The Labute approximate surface area is 275 Å². The van der Waals surface area contributed by atoms with Crippen molar-refractivity contribution < 1.29 is 4.74 Å². The number of benzene rings is 5. The largest absolute Gasteiger partial charge is 0.495 e. The van der Waals surface area contributed by atoms with Crippen LogP contribution >= 0.6 is 0 Å². The Morgan fingerprint density at radius 3 is 1.96 bits per heavy atom. The second kappa shape index (κ2) is 15.4. The number of allylic oxidation sites excluding steroid dienone is 5. The number of aliphatic imine (C=N–C) groups is 1. The van der Waals surface area contributed by atoms with E-state index in [0.717, 1.165) is 30.8 Å². The zero-order chi connectivity index (χ0) is 32.5. The van der Waals surface area contributed by atoms with E-state index in [-0.39, 0.29) is 6.10 Å². The van der Waals surface area contributed by atoms with Gasteiger partial charge in [0.1, 0.15) is 0 Å². The van der Waals surface area contributed by atoms with Crippen molar-refractivity contribution in [3.63, 3.8) is 0 Å². The van der Waals surface area contributed by atoms with Gasteiger partial charge >= 0.3 is 0 Å². The van der Waals surface area contributed by atoms with Crippen LogP contribution in [-0.4, -0.2) is 25.9 Å². The molecular weight excluding hydrogens is 560 g/mol. The van der Waals surface area contributed by atoms with Gasteiger partial charge < -0.3 is 9.64 Å². The van der Waals surface area contributed by atoms with E-state index in [1.54, 1.807) is 0 Å². The van der Waals surface area contributed by atoms with Gasteiger partial charge in [0.2, 0.25) is 0 Å². The topological polar surface area (TPSA) is 24.8 Å². The maximum absolute atomic E-state index is 5.74. The average Bonchev–Trinajstić information content (AvgIpc) is 3.09. The summed E-state index contributed by atoms with van der Waals surface area (Å²) in [6, 6.07) is 34.8. The van der Waals surface area contributed by atoms with Crippen LogP contribution in [0.3, 0.4) is 0 Å². The molecule has 0 bridgehead atoms. The third-order valence-corrected chi connectivity index (χ3v) is 8.38. The van der Waals surface area contributed by atoms with Crippen molar-refractivity contribution in [2.45, 2.75) is 53.6 Å². The summed E-state index contributed by atoms with van der Waals surface area (Å²) < 4.78 is 5.74. The van der Waals surface area contributed by atoms with Crippen molar-refractivity contribution in [2.24, 2.45) is 4.99 Å². The molecule has 0 saturated heterocycles. The number of rotatable bonds is 8. The molecule has 46 heavy (non-hydrogen) atoms. The maximum Gasteiger partial charge on any atom is 0.0988 e. The predicted octanol–water partition coefficient (Wildman–Crippen LogP) is 12.1. The first-order valence-electron chi connectivity index (χ1n) is 16.4. The first kappa shape index (κ1) is 32.5. The monoisotopic (exact) mass is 606 g/mol. The minimum atomic E-state index is 0.258. The smallest absolute Gasteiger partial charge is 0.0988 e. The maximum atomic E-state index is 5.74. The summed E-state index contributed by atoms with van der Waals surface area (Å²) >= 11 is 0. The molecule has 0 aliphatic carbocycles. The molecule has 3 nitrogen and oxygen atoms in total. The summed E-state index contributed by atoms with van der Waals surface area (Å²) in [5.74, 6) is 0.989. The predicted molar refractivity (Wildman–Crippen MR) is 202 cm³/mol. The molecule has 1 heterocycles. The molecule has 6 rings (SSSR count). The van der Waals surface area contributed by atoms with Crippen LogP contribution in [0.4, 0.5) is 11.4 Å². The van der Waals surface area contributed by atoms with Crippen LogP contribution in [-0.2, 0) is 4.74 Å². The van der Waals surface area contributed by atoms with Crippen molar-refractivity contribution in [3.8, 4) is 22.3 Å². The van der Waals surface area contributed by atoms with E-state index in [4.69, 9.17) is 9.73 Å². The molecule has 1 aliphatic rings. The molecule has 0 amide bonds. The highest BCUT2D eigenvalue weighted by atomic mass is 16.5. The van der Waals surface area contributed by atoms with E-state index in [1.807, 2.05) is 20.1 Å². The third kappa shape index (κ3) is 7.66. The first-order chi connectivity index (χ1) is 22.4. The fourth-order valence-electron chi connectivity index (χ4n) is 5.94. The molecule has 5 aromatic rings. The van der Waals surface area contributed by atoms with E-state index in [2.05, 4.69) is 154 Å². The van der Waals surface area contributed by atoms with Crippen molar-refractivity contribution in [2.75, 3.05) is 18.5 Å². The number of hydrogen-bond acceptors (Lipinski definition) is 3. The summed E-state index contributed by atoms with van der Waals surface area (Å²) in [4.78, 5) is 7.14. The van der Waals surface area contributed by atoms with Gasteiger partial charge in [0, 0.05) is 30.5 Å². The van der Waals surface area contributed by atoms with Crippen LogP contribution in [0.5, 0.6) is 0 Å². The molecule has 0 radical (unpaired) electrons. The molecule has 1 unspecified atom stereocenters. The Morgan fingerprint density at radius 2 is 1.37 bits per heavy atom. The van der Waals surface area contributed by atoms with E-state index < -0.39 is 0 Å². The van der Waals surface area contributed by atoms with E-state index in [0.29, 0.717) is 0 Å². The second-order valence-corrected chi connectivity index (χ2v) is 12.0. The van der Waals surface area contributed by atoms with Crippen LogP contribution in [0.2, 0.25) is 0 Å². The second-order valence-electron chi connectivity index (χ2n) is 12.0. The van der Waals surface area contributed by atoms with Crippen LogP contribution < -0.4 is 4.90 Å². The summed E-state index contributed by atoms with van der Waals surface area (Å²) in [6.45, 7) is 11.2. The van der Waals surface area contributed by atoms with Gasteiger partial charge in [-0.3, -0.25) is 4.99 Å². The van der Waals surface area contributed by atoms with Gasteiger partial charge in [-0.1, -0.05) is 116 Å². The normalized spacial score (nSPS) is 13.9. The lowest BCUT2D eigenvalue weighted by atomic mass is 9.92. The van der Waals surface area contributed by atoms with Gasteiger partial charge in [-0.25, -0.2) is 0 Å². The molecule has 234 valence electrons. The average molecular weight is 607 g/mol. The Kier molecular flexibility index (Phi) is 10.9. The Morgan fingerprint density at radius 1 is 0.783 bits per heavy atom. The lowest BCUT2D eigenvalue weighted by Gasteiger charge is -2.26. The Bertz CT molecular complexity index is 1900. The van der Waals surface area contributed by atoms with Gasteiger partial charge in [-0.2, -0.15) is 0 Å². The zero-order valence-corrected chi connectivity index (χ0v) is 28.1. The highest BCUT2D eigenvalue weighted by Crippen LogP contribution is 2.46. The molecule has 1 aliphatic heterocycles. The highest BCUT2D eigenvalue weighted by Gasteiger charge is 2.20. The van der Waals surface area contributed by atoms with Crippen LogP contribution in [0.1, 0.15) is 47.5 Å². The number of hydrogen-bond donors (Lipinski definition) is 0. The van der Waals surface area contributed by atoms with E-state index in [9.17, 15) is 0 Å². The third-order valence-electron chi connectivity index (χ3n) is 8.38. The van der Waals surface area contributed by atoms with Gasteiger partial charge in [-0.15, -0.1) is 0 Å². The molecule has 0 spiro atoms. The Hall–Kier alpha value is -4.89. The lowest BCUT2D eigenvalue weighted by Crippen LogP contribution is -2.22. The number of ether oxygens (including phenoxy) is 1. The number of fused-ring (bicyclic) bond motifs is 6. The number of anilines is 1. The first-order valence-corrected chi connectivity index (χ1v) is 16.4. The molecule has 5 aromatic carbocycles. The van der Waals surface area contributed by atoms with Crippen molar-refractivity contribution in [3.05, 3.63) is 133 Å². The fraction of sp³-hybridized carbons (Fsp3) is 0.233. The van der Waals surface area contributed by atoms with Gasteiger partial charge in [0.25, 0.3) is 0 Å². The SMILES string of the molecule is C/C=C(C)\C=C(\C)OC(C)CC=CCC.CN1CC=Nc2c1c1ccc(-c3ccccc3)cc1c1cc(-c3ccccc3)ccc21. The van der Waals surface area contributed by atoms with Gasteiger partial charge in [0.05, 0.1) is 29.8 Å². The standard InChI is InChI=1S/C29H22N2.C14H24O/c1-31-17-16-30-28-24-14-12-22(20-8-4-2-5-9-20)18-26(24)27-19-23(13-15-25(27)29(28)31)21-10-6-3-7-11-21;1-6-8-9-10-13(4)15-14(5)11-12(3)7-2/h2-16,18-19H,17H2,1H3;7-9,11,13H,6,10H2,1-5H3/b;9-8?,12-7-,14-11-. The number of nitrogens with zero attached hydrogens (tertiary/aromatic N) is 2. The summed E-state index contributed by atoms with van der Waals surface area (Å²) in [5.41, 5.74) is 8.47. The molecule has 1 atom stereocenters. The van der Waals surface area contributed by atoms with Crippen LogP contribution in [0.25, 0.3) is 43.8 Å². The zero-order valence-electron chi connectivity index (χ0n) is 28.1. The van der Waals surface area contributed by atoms with Crippen molar-refractivity contribution in [1.29, 1.82) is 0 Å². The van der Waals surface area contributed by atoms with E-state index >= 15 is 0 Å². The minimum Gasteiger partial charge on any atom is -0.495 e. The molecule has 0 saturated carbocycles. The molecule has 0 N–H and O–H groups in total. The van der Waals surface area contributed by atoms with Crippen LogP contribution in [0, 0.1) is 0 Å². The minimum absolute atomic E-state index is 0.258. The van der Waals surface area contributed by atoms with Gasteiger partial charge in [-0.05, 0) is 85.4 Å². The van der Waals surface area contributed by atoms with Gasteiger partial charge in [0.15, 0.2) is 0 Å². The van der Waals surface area contributed by atoms with Crippen molar-refractivity contribution >= 4 is 39.1 Å². The summed E-state index contributed by atoms with van der Waals surface area (Å²) in [6.07, 6.45) is 12.9. The Balaban J connectivity index is 0.000000238. The van der Waals surface area contributed by atoms with E-state index in [1.165, 1.54) is 55.1 Å². The summed E-state index contributed by atoms with van der Waals surface area (Å²) in [7, 11) is 2.15. The molecular formula is C43H46N2O. The quantitative estimate of drug-likeness (QED) is 0.0759. The highest BCUT2D eigenvalue weighted by molar-refractivity contribution is 6.22. The molecule has 0 fully saturated rings. The van der Waals surface area contributed by atoms with Crippen molar-refractivity contribution in [1.82, 2.24) is 0 Å². The fourth-order valence-corrected chi connectivity index (χ4v) is 5.94. The molecule has 3 heteroatoms. The van der Waals surface area contributed by atoms with Crippen LogP contribution in [0.15, 0.2) is 138 Å². The molecule has 0 aromatic heterocycles. The lowest BCUT2D eigenvalue weighted by molar-refractivity contribution is 0.135.